The average Bonchev–Trinajstić information content (AvgIpc) is 3.83. The molecule has 0 saturated carbocycles. The highest BCUT2D eigenvalue weighted by atomic mass is 16.3. The molecule has 3 aromatic heterocycles. The first-order chi connectivity index (χ1) is 27.8. The van der Waals surface area contributed by atoms with Gasteiger partial charge in [0.15, 0.2) is 23.1 Å². The summed E-state index contributed by atoms with van der Waals surface area (Å²) in [4.78, 5) is 14.9. The SMILES string of the molecule is C1=c2c(oc3c(-n4c5ccccc5c5cc(-c6ccccc6)ccc54)cccc23)=C(c2cccc(-c3nc(-c4ccccc4)nc(-c4ccccc4)n3)c2)CC1. The maximum atomic E-state index is 7.07. The van der Waals surface area contributed by atoms with E-state index >= 15 is 0 Å². The largest absolute Gasteiger partial charge is 0.454 e. The fourth-order valence-electron chi connectivity index (χ4n) is 8.30. The summed E-state index contributed by atoms with van der Waals surface area (Å²) in [5, 5.41) is 4.71. The second-order valence-corrected chi connectivity index (χ2v) is 14.3. The fourth-order valence-corrected chi connectivity index (χ4v) is 8.30. The zero-order chi connectivity index (χ0) is 37.0. The Kier molecular flexibility index (Phi) is 7.56. The van der Waals surface area contributed by atoms with E-state index in [-0.39, 0.29) is 0 Å². The van der Waals surface area contributed by atoms with Crippen LogP contribution in [-0.2, 0) is 0 Å². The molecule has 0 atom stereocenters. The highest BCUT2D eigenvalue weighted by Gasteiger charge is 2.21. The molecule has 3 heterocycles. The third-order valence-electron chi connectivity index (χ3n) is 10.9. The van der Waals surface area contributed by atoms with Crippen LogP contribution in [0, 0.1) is 0 Å². The second-order valence-electron chi connectivity index (χ2n) is 14.3. The van der Waals surface area contributed by atoms with Crippen molar-refractivity contribution in [1.82, 2.24) is 19.5 Å². The minimum atomic E-state index is 0.636. The Bertz CT molecular complexity index is 3180. The van der Waals surface area contributed by atoms with E-state index in [4.69, 9.17) is 19.4 Å². The molecule has 7 aromatic carbocycles. The van der Waals surface area contributed by atoms with Gasteiger partial charge in [0.05, 0.1) is 16.7 Å². The smallest absolute Gasteiger partial charge is 0.164 e. The van der Waals surface area contributed by atoms with Gasteiger partial charge in [-0.1, -0.05) is 152 Å². The van der Waals surface area contributed by atoms with E-state index in [1.54, 1.807) is 0 Å². The molecule has 1 aliphatic rings. The summed E-state index contributed by atoms with van der Waals surface area (Å²) < 4.78 is 9.44. The molecule has 10 aromatic rings. The van der Waals surface area contributed by atoms with Gasteiger partial charge in [-0.05, 0) is 59.9 Å². The number of aromatic nitrogens is 4. The van der Waals surface area contributed by atoms with Crippen molar-refractivity contribution in [1.29, 1.82) is 0 Å². The number of fused-ring (bicyclic) bond motifs is 6. The Balaban J connectivity index is 1.08. The summed E-state index contributed by atoms with van der Waals surface area (Å²) in [6.45, 7) is 0. The zero-order valence-corrected chi connectivity index (χ0v) is 30.4. The van der Waals surface area contributed by atoms with Gasteiger partial charge in [0.2, 0.25) is 0 Å². The van der Waals surface area contributed by atoms with E-state index in [2.05, 4.69) is 126 Å². The fraction of sp³-hybridized carbons (Fsp3) is 0.0392. The van der Waals surface area contributed by atoms with Gasteiger partial charge >= 0.3 is 0 Å². The predicted octanol–water partition coefficient (Wildman–Crippen LogP) is 11.2. The van der Waals surface area contributed by atoms with Crippen LogP contribution >= 0.6 is 0 Å². The van der Waals surface area contributed by atoms with Crippen molar-refractivity contribution >= 4 is 44.4 Å². The van der Waals surface area contributed by atoms with Crippen molar-refractivity contribution < 1.29 is 4.42 Å². The van der Waals surface area contributed by atoms with Crippen molar-refractivity contribution in [2.75, 3.05) is 0 Å². The van der Waals surface area contributed by atoms with E-state index in [9.17, 15) is 0 Å². The first-order valence-electron chi connectivity index (χ1n) is 19.1. The first-order valence-corrected chi connectivity index (χ1v) is 19.1. The van der Waals surface area contributed by atoms with Gasteiger partial charge in [0.1, 0.15) is 5.42 Å². The van der Waals surface area contributed by atoms with Crippen molar-refractivity contribution in [3.63, 3.8) is 0 Å². The lowest BCUT2D eigenvalue weighted by Crippen LogP contribution is -2.26. The molecule has 0 aliphatic heterocycles. The Morgan fingerprint density at radius 1 is 0.429 bits per heavy atom. The maximum Gasteiger partial charge on any atom is 0.164 e. The molecule has 0 unspecified atom stereocenters. The lowest BCUT2D eigenvalue weighted by Gasteiger charge is -2.11. The van der Waals surface area contributed by atoms with Crippen LogP contribution in [0.2, 0.25) is 0 Å². The normalized spacial score (nSPS) is 12.6. The van der Waals surface area contributed by atoms with E-state index in [0.29, 0.717) is 17.5 Å². The monoisotopic (exact) mass is 718 g/mol. The van der Waals surface area contributed by atoms with Gasteiger partial charge < -0.3 is 8.98 Å². The van der Waals surface area contributed by atoms with E-state index in [1.807, 2.05) is 60.7 Å². The molecule has 5 heteroatoms. The minimum Gasteiger partial charge on any atom is -0.454 e. The van der Waals surface area contributed by atoms with Crippen LogP contribution in [0.25, 0.3) is 95.4 Å². The lowest BCUT2D eigenvalue weighted by atomic mass is 9.95. The van der Waals surface area contributed by atoms with E-state index in [1.165, 1.54) is 27.5 Å². The molecule has 0 saturated heterocycles. The molecule has 0 radical (unpaired) electrons. The van der Waals surface area contributed by atoms with Crippen LogP contribution in [0.4, 0.5) is 0 Å². The summed E-state index contributed by atoms with van der Waals surface area (Å²) in [5.74, 6) is 1.93. The maximum absolute atomic E-state index is 7.07. The molecular formula is C51H34N4O. The molecule has 0 spiro atoms. The summed E-state index contributed by atoms with van der Waals surface area (Å²) in [5.41, 5.74) is 12.7. The highest BCUT2D eigenvalue weighted by Crippen LogP contribution is 2.37. The molecule has 11 rings (SSSR count). The number of para-hydroxylation sites is 2. The number of hydrogen-bond acceptors (Lipinski definition) is 4. The molecule has 0 N–H and O–H groups in total. The second kappa shape index (κ2) is 13.2. The summed E-state index contributed by atoms with van der Waals surface area (Å²) in [7, 11) is 0. The van der Waals surface area contributed by atoms with Gasteiger partial charge in [-0.2, -0.15) is 0 Å². The van der Waals surface area contributed by atoms with Gasteiger partial charge in [0.25, 0.3) is 0 Å². The van der Waals surface area contributed by atoms with E-state index < -0.39 is 0 Å². The molecule has 1 aliphatic carbocycles. The van der Waals surface area contributed by atoms with Crippen LogP contribution in [0.15, 0.2) is 180 Å². The lowest BCUT2D eigenvalue weighted by molar-refractivity contribution is 0.567. The van der Waals surface area contributed by atoms with Gasteiger partial charge in [-0.15, -0.1) is 0 Å². The number of furan rings is 1. The third-order valence-corrected chi connectivity index (χ3v) is 10.9. The summed E-state index contributed by atoms with van der Waals surface area (Å²) in [6.07, 6.45) is 4.12. The van der Waals surface area contributed by atoms with Crippen molar-refractivity contribution in [3.05, 3.63) is 192 Å². The Morgan fingerprint density at radius 2 is 1.00 bits per heavy atom. The molecule has 5 nitrogen and oxygen atoms in total. The number of nitrogens with zero attached hydrogens (tertiary/aromatic N) is 4. The standard InChI is InChI=1S/C51H34N4O/c1-4-15-33(16-5-1)36-29-30-45-43(32-36)40-23-10-11-27-44(40)55(45)46-28-14-26-42-41-25-13-24-39(47(41)56-48(42)46)37-21-12-22-38(31-37)51-53-49(34-17-6-2-7-18-34)52-50(54-51)35-19-8-3-9-20-35/h1-12,14-23,25-32H,13,24H2. The molecule has 0 bridgehead atoms. The first kappa shape index (κ1) is 32.1. The molecular weight excluding hydrogens is 685 g/mol. The van der Waals surface area contributed by atoms with Crippen LogP contribution in [0.5, 0.6) is 0 Å². The minimum absolute atomic E-state index is 0.636. The summed E-state index contributed by atoms with van der Waals surface area (Å²) in [6, 6.07) is 61.4. The number of benzene rings is 7. The van der Waals surface area contributed by atoms with Crippen molar-refractivity contribution in [2.24, 2.45) is 0 Å². The van der Waals surface area contributed by atoms with Crippen LogP contribution < -0.4 is 10.6 Å². The Morgan fingerprint density at radius 3 is 1.73 bits per heavy atom. The number of hydrogen-bond donors (Lipinski definition) is 0. The van der Waals surface area contributed by atoms with E-state index in [0.717, 1.165) is 73.4 Å². The highest BCUT2D eigenvalue weighted by molar-refractivity contribution is 6.11. The van der Waals surface area contributed by atoms with Crippen molar-refractivity contribution in [2.45, 2.75) is 12.8 Å². The topological polar surface area (TPSA) is 56.7 Å². The Hall–Kier alpha value is -7.37. The molecule has 0 amide bonds. The molecule has 0 fully saturated rings. The predicted molar refractivity (Wildman–Crippen MR) is 228 cm³/mol. The summed E-state index contributed by atoms with van der Waals surface area (Å²) >= 11 is 0. The van der Waals surface area contributed by atoms with Gasteiger partial charge in [-0.25, -0.2) is 15.0 Å². The quantitative estimate of drug-likeness (QED) is 0.172. The molecule has 56 heavy (non-hydrogen) atoms. The zero-order valence-electron chi connectivity index (χ0n) is 30.4. The van der Waals surface area contributed by atoms with Crippen LogP contribution in [0.3, 0.4) is 0 Å². The third kappa shape index (κ3) is 5.36. The Labute approximate surface area is 323 Å². The van der Waals surface area contributed by atoms with Gasteiger partial charge in [-0.3, -0.25) is 0 Å². The average molecular weight is 719 g/mol. The molecule has 264 valence electrons. The number of rotatable bonds is 6. The van der Waals surface area contributed by atoms with Crippen molar-refractivity contribution in [3.8, 4) is 51.0 Å². The van der Waals surface area contributed by atoms with Gasteiger partial charge in [0, 0.05) is 43.6 Å². The van der Waals surface area contributed by atoms with Crippen LogP contribution in [0.1, 0.15) is 18.4 Å². The van der Waals surface area contributed by atoms with Crippen LogP contribution in [-0.4, -0.2) is 19.5 Å².